The molecule has 0 radical (unpaired) electrons. The minimum Gasteiger partial charge on any atom is -0.371 e. The summed E-state index contributed by atoms with van der Waals surface area (Å²) in [6.45, 7) is 6.26. The van der Waals surface area contributed by atoms with E-state index in [1.807, 2.05) is 13.1 Å². The highest BCUT2D eigenvalue weighted by molar-refractivity contribution is 9.09. The molecule has 0 fully saturated rings. The minimum atomic E-state index is 1.00. The van der Waals surface area contributed by atoms with Crippen LogP contribution in [0.1, 0.15) is 12.6 Å². The van der Waals surface area contributed by atoms with Crippen LogP contribution in [0.25, 0.3) is 0 Å². The van der Waals surface area contributed by atoms with E-state index in [0.29, 0.717) is 0 Å². The van der Waals surface area contributed by atoms with Gasteiger partial charge in [0.25, 0.3) is 0 Å². The van der Waals surface area contributed by atoms with Gasteiger partial charge in [0.05, 0.1) is 0 Å². The number of pyridine rings is 1. The van der Waals surface area contributed by atoms with Crippen LogP contribution in [0.5, 0.6) is 0 Å². The van der Waals surface area contributed by atoms with E-state index in [2.05, 4.69) is 44.9 Å². The SMILES string of the molecule is CCN(CCBr)c1ccnc(C)c1. The van der Waals surface area contributed by atoms with Gasteiger partial charge in [-0.15, -0.1) is 0 Å². The predicted molar refractivity (Wildman–Crippen MR) is 60.7 cm³/mol. The van der Waals surface area contributed by atoms with Crippen molar-refractivity contribution < 1.29 is 0 Å². The smallest absolute Gasteiger partial charge is 0.0399 e. The number of hydrogen-bond donors (Lipinski definition) is 0. The highest BCUT2D eigenvalue weighted by atomic mass is 79.9. The first-order valence-corrected chi connectivity index (χ1v) is 5.63. The summed E-state index contributed by atoms with van der Waals surface area (Å²) in [5.74, 6) is 0. The van der Waals surface area contributed by atoms with E-state index in [0.717, 1.165) is 24.1 Å². The summed E-state index contributed by atoms with van der Waals surface area (Å²) >= 11 is 3.45. The number of nitrogens with zero attached hydrogens (tertiary/aromatic N) is 2. The number of anilines is 1. The van der Waals surface area contributed by atoms with Gasteiger partial charge >= 0.3 is 0 Å². The molecule has 0 aliphatic rings. The van der Waals surface area contributed by atoms with Crippen molar-refractivity contribution in [3.8, 4) is 0 Å². The molecule has 0 aromatic carbocycles. The average Bonchev–Trinajstić information content (AvgIpc) is 2.14. The zero-order valence-corrected chi connectivity index (χ0v) is 9.71. The summed E-state index contributed by atoms with van der Waals surface area (Å²) in [6, 6.07) is 4.17. The Hall–Kier alpha value is -0.570. The molecule has 0 aliphatic carbocycles. The van der Waals surface area contributed by atoms with Crippen molar-refractivity contribution in [3.63, 3.8) is 0 Å². The zero-order chi connectivity index (χ0) is 9.68. The molecule has 72 valence electrons. The van der Waals surface area contributed by atoms with Crippen molar-refractivity contribution in [3.05, 3.63) is 24.0 Å². The molecular formula is C10H15BrN2. The number of halogens is 1. The molecule has 1 aromatic rings. The van der Waals surface area contributed by atoms with Crippen LogP contribution in [0, 0.1) is 6.92 Å². The fourth-order valence-corrected chi connectivity index (χ4v) is 1.73. The molecule has 1 aromatic heterocycles. The van der Waals surface area contributed by atoms with Gasteiger partial charge in [-0.3, -0.25) is 4.98 Å². The lowest BCUT2D eigenvalue weighted by molar-refractivity contribution is 0.872. The maximum Gasteiger partial charge on any atom is 0.0399 e. The third kappa shape index (κ3) is 2.99. The Morgan fingerprint density at radius 3 is 2.85 bits per heavy atom. The molecular weight excluding hydrogens is 228 g/mol. The van der Waals surface area contributed by atoms with Crippen LogP contribution in [0.15, 0.2) is 18.3 Å². The Labute approximate surface area is 88.1 Å². The molecule has 3 heteroatoms. The van der Waals surface area contributed by atoms with Crippen LogP contribution in [0.4, 0.5) is 5.69 Å². The number of alkyl halides is 1. The average molecular weight is 243 g/mol. The van der Waals surface area contributed by atoms with E-state index in [9.17, 15) is 0 Å². The predicted octanol–water partition coefficient (Wildman–Crippen LogP) is 2.61. The van der Waals surface area contributed by atoms with Gasteiger partial charge < -0.3 is 4.90 Å². The van der Waals surface area contributed by atoms with E-state index in [1.165, 1.54) is 5.69 Å². The van der Waals surface area contributed by atoms with Crippen LogP contribution in [-0.4, -0.2) is 23.4 Å². The number of hydrogen-bond acceptors (Lipinski definition) is 2. The van der Waals surface area contributed by atoms with Crippen molar-refractivity contribution in [1.82, 2.24) is 4.98 Å². The molecule has 0 amide bonds. The summed E-state index contributed by atoms with van der Waals surface area (Å²) in [5.41, 5.74) is 2.33. The summed E-state index contributed by atoms with van der Waals surface area (Å²) in [7, 11) is 0. The lowest BCUT2D eigenvalue weighted by Crippen LogP contribution is -2.24. The van der Waals surface area contributed by atoms with Crippen LogP contribution < -0.4 is 4.90 Å². The Kier molecular flexibility index (Phi) is 4.22. The third-order valence-electron chi connectivity index (χ3n) is 1.98. The Morgan fingerprint density at radius 1 is 1.54 bits per heavy atom. The summed E-state index contributed by atoms with van der Waals surface area (Å²) in [4.78, 5) is 6.50. The topological polar surface area (TPSA) is 16.1 Å². The molecule has 0 bridgehead atoms. The van der Waals surface area contributed by atoms with E-state index in [4.69, 9.17) is 0 Å². The van der Waals surface area contributed by atoms with Crippen LogP contribution in [0.2, 0.25) is 0 Å². The summed E-state index contributed by atoms with van der Waals surface area (Å²) in [5, 5.41) is 1.00. The van der Waals surface area contributed by atoms with Crippen molar-refractivity contribution in [2.75, 3.05) is 23.3 Å². The van der Waals surface area contributed by atoms with Crippen molar-refractivity contribution >= 4 is 21.6 Å². The Balaban J connectivity index is 2.78. The van der Waals surface area contributed by atoms with Crippen LogP contribution >= 0.6 is 15.9 Å². The third-order valence-corrected chi connectivity index (χ3v) is 2.34. The monoisotopic (exact) mass is 242 g/mol. The van der Waals surface area contributed by atoms with Gasteiger partial charge in [-0.05, 0) is 26.0 Å². The second-order valence-corrected chi connectivity index (χ2v) is 3.72. The highest BCUT2D eigenvalue weighted by Crippen LogP contribution is 2.13. The maximum atomic E-state index is 4.18. The van der Waals surface area contributed by atoms with Crippen molar-refractivity contribution in [2.45, 2.75) is 13.8 Å². The molecule has 1 heterocycles. The zero-order valence-electron chi connectivity index (χ0n) is 8.13. The largest absolute Gasteiger partial charge is 0.371 e. The standard InChI is InChI=1S/C10H15BrN2/c1-3-13(7-5-11)10-4-6-12-9(2)8-10/h4,6,8H,3,5,7H2,1-2H3. The van der Waals surface area contributed by atoms with E-state index in [-0.39, 0.29) is 0 Å². The fourth-order valence-electron chi connectivity index (χ4n) is 1.30. The van der Waals surface area contributed by atoms with Gasteiger partial charge in [-0.1, -0.05) is 15.9 Å². The molecule has 0 spiro atoms. The van der Waals surface area contributed by atoms with Crippen LogP contribution in [-0.2, 0) is 0 Å². The van der Waals surface area contributed by atoms with Crippen molar-refractivity contribution in [2.24, 2.45) is 0 Å². The fraction of sp³-hybridized carbons (Fsp3) is 0.500. The Bertz CT molecular complexity index is 263. The second-order valence-electron chi connectivity index (χ2n) is 2.92. The molecule has 13 heavy (non-hydrogen) atoms. The lowest BCUT2D eigenvalue weighted by Gasteiger charge is -2.21. The number of rotatable bonds is 4. The van der Waals surface area contributed by atoms with Crippen LogP contribution in [0.3, 0.4) is 0 Å². The van der Waals surface area contributed by atoms with Gasteiger partial charge in [0, 0.05) is 36.0 Å². The van der Waals surface area contributed by atoms with Gasteiger partial charge in [0.2, 0.25) is 0 Å². The summed E-state index contributed by atoms with van der Waals surface area (Å²) in [6.07, 6.45) is 1.86. The molecule has 0 N–H and O–H groups in total. The molecule has 0 aliphatic heterocycles. The first-order valence-electron chi connectivity index (χ1n) is 4.51. The van der Waals surface area contributed by atoms with Gasteiger partial charge in [0.1, 0.15) is 0 Å². The normalized spacial score (nSPS) is 10.1. The van der Waals surface area contributed by atoms with E-state index < -0.39 is 0 Å². The molecule has 0 saturated heterocycles. The quantitative estimate of drug-likeness (QED) is 0.755. The first kappa shape index (κ1) is 10.5. The minimum absolute atomic E-state index is 1.00. The van der Waals surface area contributed by atoms with Gasteiger partial charge in [-0.2, -0.15) is 0 Å². The van der Waals surface area contributed by atoms with Gasteiger partial charge in [-0.25, -0.2) is 0 Å². The lowest BCUT2D eigenvalue weighted by atomic mass is 10.3. The molecule has 0 atom stereocenters. The molecule has 0 saturated carbocycles. The maximum absolute atomic E-state index is 4.18. The second kappa shape index (κ2) is 5.22. The highest BCUT2D eigenvalue weighted by Gasteiger charge is 2.02. The van der Waals surface area contributed by atoms with E-state index in [1.54, 1.807) is 0 Å². The molecule has 1 rings (SSSR count). The van der Waals surface area contributed by atoms with Gasteiger partial charge in [0.15, 0.2) is 0 Å². The summed E-state index contributed by atoms with van der Waals surface area (Å²) < 4.78 is 0. The van der Waals surface area contributed by atoms with E-state index >= 15 is 0 Å². The Morgan fingerprint density at radius 2 is 2.31 bits per heavy atom. The first-order chi connectivity index (χ1) is 6.27. The number of aryl methyl sites for hydroxylation is 1. The molecule has 2 nitrogen and oxygen atoms in total. The molecule has 0 unspecified atom stereocenters. The van der Waals surface area contributed by atoms with Crippen molar-refractivity contribution in [1.29, 1.82) is 0 Å². The number of aromatic nitrogens is 1.